The van der Waals surface area contributed by atoms with E-state index in [2.05, 4.69) is 26.2 Å². The summed E-state index contributed by atoms with van der Waals surface area (Å²) in [5.41, 5.74) is 0.325. The van der Waals surface area contributed by atoms with Crippen LogP contribution in [0.3, 0.4) is 0 Å². The van der Waals surface area contributed by atoms with Crippen molar-refractivity contribution in [1.82, 2.24) is 4.98 Å². The number of hydrogen-bond donors (Lipinski definition) is 1. The van der Waals surface area contributed by atoms with Crippen LogP contribution < -0.4 is 10.1 Å². The molecule has 0 aliphatic heterocycles. The van der Waals surface area contributed by atoms with Crippen molar-refractivity contribution in [2.45, 2.75) is 6.43 Å². The van der Waals surface area contributed by atoms with Crippen LogP contribution in [0.15, 0.2) is 41.1 Å². The second-order valence-electron chi connectivity index (χ2n) is 4.86. The van der Waals surface area contributed by atoms with Gasteiger partial charge in [-0.3, -0.25) is 9.78 Å². The first kappa shape index (κ1) is 20.1. The van der Waals surface area contributed by atoms with Crippen LogP contribution >= 0.6 is 27.5 Å². The Balaban J connectivity index is 1.89. The molecule has 0 aliphatic carbocycles. The summed E-state index contributed by atoms with van der Waals surface area (Å²) in [4.78, 5) is 27.5. The SMILES string of the molecule is O=C(COC(=O)c1cncc(OCC(F)F)c1)Nc1ccc(Br)cc1Cl. The molecule has 1 aromatic heterocycles. The van der Waals surface area contributed by atoms with Gasteiger partial charge < -0.3 is 14.8 Å². The molecule has 138 valence electrons. The van der Waals surface area contributed by atoms with Crippen molar-refractivity contribution in [2.75, 3.05) is 18.5 Å². The van der Waals surface area contributed by atoms with Crippen LogP contribution in [-0.4, -0.2) is 36.5 Å². The predicted molar refractivity (Wildman–Crippen MR) is 93.8 cm³/mol. The zero-order valence-corrected chi connectivity index (χ0v) is 15.4. The molecule has 26 heavy (non-hydrogen) atoms. The van der Waals surface area contributed by atoms with E-state index in [1.807, 2.05) is 0 Å². The fraction of sp³-hybridized carbons (Fsp3) is 0.188. The molecule has 6 nitrogen and oxygen atoms in total. The van der Waals surface area contributed by atoms with Crippen LogP contribution in [-0.2, 0) is 9.53 Å². The smallest absolute Gasteiger partial charge is 0.340 e. The number of aromatic nitrogens is 1. The van der Waals surface area contributed by atoms with E-state index in [0.717, 1.165) is 4.47 Å². The fourth-order valence-electron chi connectivity index (χ4n) is 1.76. The average molecular weight is 450 g/mol. The van der Waals surface area contributed by atoms with Crippen molar-refractivity contribution in [3.8, 4) is 5.75 Å². The van der Waals surface area contributed by atoms with Crippen LogP contribution in [0.2, 0.25) is 5.02 Å². The third-order valence-corrected chi connectivity index (χ3v) is 3.67. The van der Waals surface area contributed by atoms with E-state index in [-0.39, 0.29) is 11.3 Å². The van der Waals surface area contributed by atoms with Gasteiger partial charge in [0.2, 0.25) is 0 Å². The maximum absolute atomic E-state index is 12.1. The number of nitrogens with zero attached hydrogens (tertiary/aromatic N) is 1. The molecule has 10 heteroatoms. The molecule has 1 aromatic carbocycles. The number of amides is 1. The number of anilines is 1. The third kappa shape index (κ3) is 6.23. The first-order valence-corrected chi connectivity index (χ1v) is 8.30. The van der Waals surface area contributed by atoms with E-state index < -0.39 is 31.5 Å². The standard InChI is InChI=1S/C16H12BrClF2N2O4/c17-10-1-2-13(12(18)4-10)22-15(23)8-26-16(24)9-3-11(6-21-5-9)25-7-14(19)20/h1-6,14H,7-8H2,(H,22,23). The Hall–Kier alpha value is -2.26. The van der Waals surface area contributed by atoms with E-state index >= 15 is 0 Å². The number of pyridine rings is 1. The number of nitrogens with one attached hydrogen (secondary N) is 1. The summed E-state index contributed by atoms with van der Waals surface area (Å²) in [6.45, 7) is -1.39. The lowest BCUT2D eigenvalue weighted by molar-refractivity contribution is -0.119. The normalized spacial score (nSPS) is 10.5. The summed E-state index contributed by atoms with van der Waals surface area (Å²) in [5.74, 6) is -1.46. The van der Waals surface area contributed by atoms with E-state index in [1.165, 1.54) is 18.5 Å². The topological polar surface area (TPSA) is 77.5 Å². The van der Waals surface area contributed by atoms with Crippen LogP contribution in [0, 0.1) is 0 Å². The number of benzene rings is 1. The quantitative estimate of drug-likeness (QED) is 0.648. The van der Waals surface area contributed by atoms with Gasteiger partial charge in [0, 0.05) is 10.7 Å². The highest BCUT2D eigenvalue weighted by Crippen LogP contribution is 2.25. The molecule has 2 aromatic rings. The molecular weight excluding hydrogens is 438 g/mol. The van der Waals surface area contributed by atoms with Crippen molar-refractivity contribution in [3.05, 3.63) is 51.7 Å². The monoisotopic (exact) mass is 448 g/mol. The lowest BCUT2D eigenvalue weighted by atomic mass is 10.3. The lowest BCUT2D eigenvalue weighted by Gasteiger charge is -2.09. The Morgan fingerprint density at radius 3 is 2.73 bits per heavy atom. The molecule has 1 N–H and O–H groups in total. The highest BCUT2D eigenvalue weighted by Gasteiger charge is 2.13. The van der Waals surface area contributed by atoms with Gasteiger partial charge in [-0.1, -0.05) is 27.5 Å². The van der Waals surface area contributed by atoms with Gasteiger partial charge in [0.25, 0.3) is 12.3 Å². The Bertz CT molecular complexity index is 808. The second-order valence-corrected chi connectivity index (χ2v) is 6.18. The number of carbonyl (C=O) groups excluding carboxylic acids is 2. The summed E-state index contributed by atoms with van der Waals surface area (Å²) in [7, 11) is 0. The molecule has 2 rings (SSSR count). The summed E-state index contributed by atoms with van der Waals surface area (Å²) in [6, 6.07) is 6.06. The molecule has 0 saturated heterocycles. The maximum atomic E-state index is 12.1. The summed E-state index contributed by atoms with van der Waals surface area (Å²) in [5, 5.41) is 2.81. The molecule has 0 bridgehead atoms. The molecule has 1 heterocycles. The van der Waals surface area contributed by atoms with Gasteiger partial charge in [-0.15, -0.1) is 0 Å². The fourth-order valence-corrected chi connectivity index (χ4v) is 2.48. The first-order valence-electron chi connectivity index (χ1n) is 7.13. The van der Waals surface area contributed by atoms with E-state index in [4.69, 9.17) is 21.1 Å². The average Bonchev–Trinajstić information content (AvgIpc) is 2.60. The van der Waals surface area contributed by atoms with E-state index in [0.29, 0.717) is 10.7 Å². The molecule has 1 amide bonds. The minimum Gasteiger partial charge on any atom is -0.486 e. The Kier molecular flexibility index (Phi) is 7.28. The number of halogens is 4. The first-order chi connectivity index (χ1) is 12.3. The van der Waals surface area contributed by atoms with E-state index in [9.17, 15) is 18.4 Å². The summed E-state index contributed by atoms with van der Waals surface area (Å²) >= 11 is 9.21. The minimum absolute atomic E-state index is 0.00848. The molecular formula is C16H12BrClF2N2O4. The maximum Gasteiger partial charge on any atom is 0.340 e. The van der Waals surface area contributed by atoms with Crippen molar-refractivity contribution < 1.29 is 27.8 Å². The van der Waals surface area contributed by atoms with Gasteiger partial charge in [-0.2, -0.15) is 0 Å². The molecule has 0 aliphatic rings. The molecule has 0 atom stereocenters. The van der Waals surface area contributed by atoms with Gasteiger partial charge in [0.15, 0.2) is 6.61 Å². The number of hydrogen-bond acceptors (Lipinski definition) is 5. The molecule has 0 saturated carbocycles. The number of rotatable bonds is 7. The number of alkyl halides is 2. The third-order valence-electron chi connectivity index (χ3n) is 2.86. The molecule has 0 radical (unpaired) electrons. The zero-order chi connectivity index (χ0) is 19.1. The largest absolute Gasteiger partial charge is 0.486 e. The lowest BCUT2D eigenvalue weighted by Crippen LogP contribution is -2.21. The van der Waals surface area contributed by atoms with Crippen LogP contribution in [0.1, 0.15) is 10.4 Å². The minimum atomic E-state index is -2.65. The molecule has 0 spiro atoms. The van der Waals surface area contributed by atoms with Crippen molar-refractivity contribution >= 4 is 45.1 Å². The Morgan fingerprint density at radius 2 is 2.04 bits per heavy atom. The van der Waals surface area contributed by atoms with Gasteiger partial charge in [-0.05, 0) is 24.3 Å². The highest BCUT2D eigenvalue weighted by atomic mass is 79.9. The molecule has 0 fully saturated rings. The van der Waals surface area contributed by atoms with Gasteiger partial charge in [-0.25, -0.2) is 13.6 Å². The van der Waals surface area contributed by atoms with Crippen molar-refractivity contribution in [2.24, 2.45) is 0 Å². The van der Waals surface area contributed by atoms with Crippen LogP contribution in [0.25, 0.3) is 0 Å². The van der Waals surface area contributed by atoms with Gasteiger partial charge in [0.05, 0.1) is 22.5 Å². The molecule has 0 unspecified atom stereocenters. The highest BCUT2D eigenvalue weighted by molar-refractivity contribution is 9.10. The van der Waals surface area contributed by atoms with Crippen molar-refractivity contribution in [1.29, 1.82) is 0 Å². The van der Waals surface area contributed by atoms with Gasteiger partial charge >= 0.3 is 5.97 Å². The number of ether oxygens (including phenoxy) is 2. The van der Waals surface area contributed by atoms with Crippen molar-refractivity contribution in [3.63, 3.8) is 0 Å². The zero-order valence-electron chi connectivity index (χ0n) is 13.0. The number of esters is 1. The van der Waals surface area contributed by atoms with Crippen LogP contribution in [0.5, 0.6) is 5.75 Å². The predicted octanol–water partition coefficient (Wildman–Crippen LogP) is 3.94. The Labute approximate surface area is 160 Å². The summed E-state index contributed by atoms with van der Waals surface area (Å²) < 4.78 is 34.6. The second kappa shape index (κ2) is 9.44. The van der Waals surface area contributed by atoms with E-state index in [1.54, 1.807) is 18.2 Å². The van der Waals surface area contributed by atoms with Crippen LogP contribution in [0.4, 0.5) is 14.5 Å². The van der Waals surface area contributed by atoms with Gasteiger partial charge in [0.1, 0.15) is 12.4 Å². The number of carbonyl (C=O) groups is 2. The summed E-state index contributed by atoms with van der Waals surface area (Å²) in [6.07, 6.45) is -0.303. The Morgan fingerprint density at radius 1 is 1.27 bits per heavy atom.